The first kappa shape index (κ1) is 21.5. The molecular weight excluding hydrogens is 380 g/mol. The molecule has 0 atom stereocenters. The quantitative estimate of drug-likeness (QED) is 0.358. The van der Waals surface area contributed by atoms with Gasteiger partial charge in [0, 0.05) is 32.6 Å². The summed E-state index contributed by atoms with van der Waals surface area (Å²) in [6.45, 7) is 5.60. The molecule has 0 aliphatic carbocycles. The van der Waals surface area contributed by atoms with Gasteiger partial charge in [-0.05, 0) is 37.6 Å². The minimum Gasteiger partial charge on any atom is -0.494 e. The predicted molar refractivity (Wildman–Crippen MR) is 119 cm³/mol. The Morgan fingerprint density at radius 2 is 1.90 bits per heavy atom. The van der Waals surface area contributed by atoms with Gasteiger partial charge in [0.1, 0.15) is 11.5 Å². The maximum atomic E-state index is 12.2. The van der Waals surface area contributed by atoms with Crippen molar-refractivity contribution in [1.82, 2.24) is 10.6 Å². The molecule has 2 N–H and O–H groups in total. The molecule has 0 spiro atoms. The zero-order valence-electron chi connectivity index (χ0n) is 17.5. The number of carbonyl (C=O) groups is 1. The van der Waals surface area contributed by atoms with Crippen LogP contribution in [-0.2, 0) is 4.79 Å². The summed E-state index contributed by atoms with van der Waals surface area (Å²) in [5, 5.41) is 6.59. The summed E-state index contributed by atoms with van der Waals surface area (Å²) in [4.78, 5) is 18.6. The molecular formula is C23H30N4O3. The molecule has 7 nitrogen and oxygen atoms in total. The van der Waals surface area contributed by atoms with Crippen molar-refractivity contribution >= 4 is 17.6 Å². The lowest BCUT2D eigenvalue weighted by Crippen LogP contribution is -2.42. The molecule has 0 fully saturated rings. The summed E-state index contributed by atoms with van der Waals surface area (Å²) in [7, 11) is 0. The second-order valence-electron chi connectivity index (χ2n) is 6.86. The average molecular weight is 411 g/mol. The highest BCUT2D eigenvalue weighted by Crippen LogP contribution is 2.31. The number of hydrogen-bond acceptors (Lipinski definition) is 4. The summed E-state index contributed by atoms with van der Waals surface area (Å²) >= 11 is 0. The van der Waals surface area contributed by atoms with Crippen LogP contribution in [0.2, 0.25) is 0 Å². The number of ether oxygens (including phenoxy) is 2. The van der Waals surface area contributed by atoms with Crippen LogP contribution in [0, 0.1) is 0 Å². The molecule has 1 heterocycles. The SMILES string of the molecule is CCNC(=NCCCOc1ccccc1)NCCCN1C(=O)COc2ccccc21. The van der Waals surface area contributed by atoms with Crippen LogP contribution in [0.15, 0.2) is 59.6 Å². The first-order chi connectivity index (χ1) is 14.8. The highest BCUT2D eigenvalue weighted by molar-refractivity contribution is 5.97. The van der Waals surface area contributed by atoms with Crippen molar-refractivity contribution in [2.45, 2.75) is 19.8 Å². The Morgan fingerprint density at radius 3 is 2.73 bits per heavy atom. The lowest BCUT2D eigenvalue weighted by molar-refractivity contribution is -0.121. The van der Waals surface area contributed by atoms with Gasteiger partial charge in [-0.15, -0.1) is 0 Å². The maximum Gasteiger partial charge on any atom is 0.265 e. The first-order valence-electron chi connectivity index (χ1n) is 10.5. The van der Waals surface area contributed by atoms with E-state index < -0.39 is 0 Å². The minimum absolute atomic E-state index is 0.00677. The fraction of sp³-hybridized carbons (Fsp3) is 0.391. The summed E-state index contributed by atoms with van der Waals surface area (Å²) in [5.74, 6) is 2.42. The largest absolute Gasteiger partial charge is 0.494 e. The van der Waals surface area contributed by atoms with Gasteiger partial charge in [0.15, 0.2) is 12.6 Å². The van der Waals surface area contributed by atoms with Gasteiger partial charge in [0.05, 0.1) is 12.3 Å². The standard InChI is InChI=1S/C23H30N4O3/c1-2-24-23(26-15-9-17-29-19-10-4-3-5-11-19)25-14-8-16-27-20-12-6-7-13-21(20)30-18-22(27)28/h3-7,10-13H,2,8-9,14-18H2,1H3,(H2,24,25,26). The Kier molecular flexibility index (Phi) is 8.38. The monoisotopic (exact) mass is 410 g/mol. The van der Waals surface area contributed by atoms with Gasteiger partial charge in [-0.1, -0.05) is 30.3 Å². The molecule has 0 saturated heterocycles. The van der Waals surface area contributed by atoms with Gasteiger partial charge in [-0.3, -0.25) is 9.79 Å². The van der Waals surface area contributed by atoms with E-state index in [2.05, 4.69) is 15.6 Å². The van der Waals surface area contributed by atoms with Crippen molar-refractivity contribution in [2.75, 3.05) is 44.3 Å². The summed E-state index contributed by atoms with van der Waals surface area (Å²) in [5.41, 5.74) is 0.840. The zero-order valence-corrected chi connectivity index (χ0v) is 17.5. The topological polar surface area (TPSA) is 75.2 Å². The predicted octanol–water partition coefficient (Wildman–Crippen LogP) is 2.83. The van der Waals surface area contributed by atoms with E-state index in [1.807, 2.05) is 61.5 Å². The van der Waals surface area contributed by atoms with Crippen molar-refractivity contribution < 1.29 is 14.3 Å². The number of guanidine groups is 1. The summed E-state index contributed by atoms with van der Waals surface area (Å²) in [6.07, 6.45) is 1.64. The van der Waals surface area contributed by atoms with Crippen molar-refractivity contribution in [3.05, 3.63) is 54.6 Å². The Hall–Kier alpha value is -3.22. The molecule has 0 radical (unpaired) electrons. The third-order valence-corrected chi connectivity index (χ3v) is 4.59. The minimum atomic E-state index is -0.00677. The van der Waals surface area contributed by atoms with Crippen molar-refractivity contribution in [1.29, 1.82) is 0 Å². The first-order valence-corrected chi connectivity index (χ1v) is 10.5. The van der Waals surface area contributed by atoms with Gasteiger partial charge < -0.3 is 25.0 Å². The molecule has 7 heteroatoms. The second kappa shape index (κ2) is 11.7. The van der Waals surface area contributed by atoms with Crippen LogP contribution >= 0.6 is 0 Å². The number of fused-ring (bicyclic) bond motifs is 1. The van der Waals surface area contributed by atoms with Crippen LogP contribution in [0.4, 0.5) is 5.69 Å². The molecule has 0 unspecified atom stereocenters. The molecule has 30 heavy (non-hydrogen) atoms. The molecule has 1 amide bonds. The fourth-order valence-electron chi connectivity index (χ4n) is 3.15. The molecule has 0 aromatic heterocycles. The van der Waals surface area contributed by atoms with E-state index in [1.54, 1.807) is 4.90 Å². The lowest BCUT2D eigenvalue weighted by Gasteiger charge is -2.29. The smallest absolute Gasteiger partial charge is 0.265 e. The lowest BCUT2D eigenvalue weighted by atomic mass is 10.2. The van der Waals surface area contributed by atoms with E-state index in [0.717, 1.165) is 49.1 Å². The van der Waals surface area contributed by atoms with Crippen LogP contribution in [0.5, 0.6) is 11.5 Å². The Morgan fingerprint density at radius 1 is 1.10 bits per heavy atom. The number of aliphatic imine (C=N–C) groups is 1. The van der Waals surface area contributed by atoms with Gasteiger partial charge in [-0.25, -0.2) is 0 Å². The Bertz CT molecular complexity index is 826. The summed E-state index contributed by atoms with van der Waals surface area (Å²) in [6, 6.07) is 17.4. The number of amides is 1. The third-order valence-electron chi connectivity index (χ3n) is 4.59. The third kappa shape index (κ3) is 6.40. The van der Waals surface area contributed by atoms with E-state index in [0.29, 0.717) is 19.7 Å². The number of benzene rings is 2. The van der Waals surface area contributed by atoms with Gasteiger partial charge in [-0.2, -0.15) is 0 Å². The van der Waals surface area contributed by atoms with Crippen LogP contribution in [0.3, 0.4) is 0 Å². The van der Waals surface area contributed by atoms with E-state index in [-0.39, 0.29) is 12.5 Å². The molecule has 2 aromatic carbocycles. The average Bonchev–Trinajstić information content (AvgIpc) is 2.78. The van der Waals surface area contributed by atoms with Gasteiger partial charge >= 0.3 is 0 Å². The number of rotatable bonds is 10. The molecule has 0 saturated carbocycles. The molecule has 1 aliphatic rings. The normalized spacial score (nSPS) is 13.4. The van der Waals surface area contributed by atoms with E-state index in [1.165, 1.54) is 0 Å². The number of hydrogen-bond donors (Lipinski definition) is 2. The van der Waals surface area contributed by atoms with Gasteiger partial charge in [0.2, 0.25) is 0 Å². The van der Waals surface area contributed by atoms with Crippen LogP contribution in [0.1, 0.15) is 19.8 Å². The molecule has 1 aliphatic heterocycles. The van der Waals surface area contributed by atoms with E-state index in [9.17, 15) is 4.79 Å². The van der Waals surface area contributed by atoms with Crippen LogP contribution < -0.4 is 25.0 Å². The molecule has 160 valence electrons. The highest BCUT2D eigenvalue weighted by Gasteiger charge is 2.24. The summed E-state index contributed by atoms with van der Waals surface area (Å²) < 4.78 is 11.2. The van der Waals surface area contributed by atoms with Crippen LogP contribution in [0.25, 0.3) is 0 Å². The van der Waals surface area contributed by atoms with Gasteiger partial charge in [0.25, 0.3) is 5.91 Å². The number of nitrogens with zero attached hydrogens (tertiary/aromatic N) is 2. The molecule has 0 bridgehead atoms. The zero-order chi connectivity index (χ0) is 21.0. The van der Waals surface area contributed by atoms with Crippen molar-refractivity contribution in [3.63, 3.8) is 0 Å². The molecule has 3 rings (SSSR count). The van der Waals surface area contributed by atoms with Crippen molar-refractivity contribution in [2.24, 2.45) is 4.99 Å². The maximum absolute atomic E-state index is 12.2. The molecule has 2 aromatic rings. The number of carbonyl (C=O) groups excluding carboxylic acids is 1. The number of anilines is 1. The fourth-order valence-corrected chi connectivity index (χ4v) is 3.15. The van der Waals surface area contributed by atoms with Crippen molar-refractivity contribution in [3.8, 4) is 11.5 Å². The van der Waals surface area contributed by atoms with E-state index in [4.69, 9.17) is 9.47 Å². The Balaban J connectivity index is 1.39. The van der Waals surface area contributed by atoms with E-state index >= 15 is 0 Å². The number of para-hydroxylation sites is 3. The highest BCUT2D eigenvalue weighted by atomic mass is 16.5. The number of nitrogens with one attached hydrogen (secondary N) is 2. The Labute approximate surface area is 178 Å². The second-order valence-corrected chi connectivity index (χ2v) is 6.86. The van der Waals surface area contributed by atoms with Crippen LogP contribution in [-0.4, -0.2) is 51.3 Å².